The Morgan fingerprint density at radius 1 is 1.00 bits per heavy atom. The highest BCUT2D eigenvalue weighted by Gasteiger charge is 2.34. The van der Waals surface area contributed by atoms with E-state index in [1.165, 1.54) is 31.2 Å². The number of aromatic nitrogens is 1. The number of fused-ring (bicyclic) bond motifs is 2. The summed E-state index contributed by atoms with van der Waals surface area (Å²) in [6, 6.07) is 16.9. The van der Waals surface area contributed by atoms with E-state index in [9.17, 15) is 0 Å². The Bertz CT molecular complexity index is 679. The first-order valence-electron chi connectivity index (χ1n) is 9.39. The summed E-state index contributed by atoms with van der Waals surface area (Å²) < 4.78 is 0. The number of nitrogens with one attached hydrogen (secondary N) is 1. The van der Waals surface area contributed by atoms with Gasteiger partial charge in [-0.15, -0.1) is 12.4 Å². The number of halogens is 1. The maximum atomic E-state index is 4.68. The second-order valence-electron chi connectivity index (χ2n) is 7.60. The number of hydrogen-bond donors (Lipinski definition) is 1. The minimum Gasteiger partial charge on any atom is -0.329 e. The Balaban J connectivity index is 0.00000196. The standard InChI is InChI=1S/C21H28N4.ClH/c1-24(20-12-17-9-10-18(13-20)23-17)15-16-8-11-21(22-14-16)25(2)19-6-4-3-5-7-19;/h3-8,11,14,17-18,20,23H,9-10,12-13,15H2,1-2H3;1H. The minimum absolute atomic E-state index is 0. The first-order valence-corrected chi connectivity index (χ1v) is 9.39. The maximum Gasteiger partial charge on any atom is 0.132 e. The molecule has 2 bridgehead atoms. The molecule has 140 valence electrons. The predicted molar refractivity (Wildman–Crippen MR) is 110 cm³/mol. The van der Waals surface area contributed by atoms with E-state index in [-0.39, 0.29) is 12.4 Å². The van der Waals surface area contributed by atoms with Crippen molar-refractivity contribution in [3.05, 3.63) is 54.2 Å². The van der Waals surface area contributed by atoms with Gasteiger partial charge < -0.3 is 10.2 Å². The van der Waals surface area contributed by atoms with E-state index >= 15 is 0 Å². The van der Waals surface area contributed by atoms with Crippen molar-refractivity contribution in [2.45, 2.75) is 50.4 Å². The van der Waals surface area contributed by atoms with Crippen LogP contribution < -0.4 is 10.2 Å². The van der Waals surface area contributed by atoms with Crippen molar-refractivity contribution >= 4 is 23.9 Å². The molecule has 1 N–H and O–H groups in total. The average Bonchev–Trinajstić information content (AvgIpc) is 3.00. The van der Waals surface area contributed by atoms with E-state index in [0.717, 1.165) is 30.1 Å². The van der Waals surface area contributed by atoms with Crippen molar-refractivity contribution in [2.24, 2.45) is 0 Å². The van der Waals surface area contributed by atoms with Crippen molar-refractivity contribution in [1.82, 2.24) is 15.2 Å². The number of nitrogens with zero attached hydrogens (tertiary/aromatic N) is 3. The lowest BCUT2D eigenvalue weighted by Crippen LogP contribution is -2.46. The lowest BCUT2D eigenvalue weighted by Gasteiger charge is -2.35. The molecule has 0 radical (unpaired) electrons. The SMILES string of the molecule is CN(c1ccccc1)c1ccc(CN(C)C2CC3CCC(C2)N3)cn1.Cl. The largest absolute Gasteiger partial charge is 0.329 e. The number of para-hydroxylation sites is 1. The first kappa shape index (κ1) is 19.2. The van der Waals surface area contributed by atoms with Crippen LogP contribution in [0.2, 0.25) is 0 Å². The van der Waals surface area contributed by atoms with Crippen molar-refractivity contribution in [1.29, 1.82) is 0 Å². The zero-order valence-electron chi connectivity index (χ0n) is 15.6. The molecule has 1 aromatic carbocycles. The fraction of sp³-hybridized carbons (Fsp3) is 0.476. The third-order valence-electron chi connectivity index (χ3n) is 5.80. The molecule has 2 aromatic rings. The fourth-order valence-corrected chi connectivity index (χ4v) is 4.30. The van der Waals surface area contributed by atoms with Crippen LogP contribution in [0, 0.1) is 0 Å². The second-order valence-corrected chi connectivity index (χ2v) is 7.60. The highest BCUT2D eigenvalue weighted by molar-refractivity contribution is 5.85. The second kappa shape index (κ2) is 8.38. The lowest BCUT2D eigenvalue weighted by molar-refractivity contribution is 0.166. The summed E-state index contributed by atoms with van der Waals surface area (Å²) in [4.78, 5) is 9.32. The predicted octanol–water partition coefficient (Wildman–Crippen LogP) is 3.99. The molecule has 2 aliphatic heterocycles. The minimum atomic E-state index is 0. The molecule has 2 saturated heterocycles. The third kappa shape index (κ3) is 4.20. The van der Waals surface area contributed by atoms with Crippen LogP contribution in [0.15, 0.2) is 48.7 Å². The average molecular weight is 373 g/mol. The molecule has 4 rings (SSSR count). The summed E-state index contributed by atoms with van der Waals surface area (Å²) in [5, 5.41) is 3.73. The van der Waals surface area contributed by atoms with E-state index < -0.39 is 0 Å². The third-order valence-corrected chi connectivity index (χ3v) is 5.80. The number of hydrogen-bond acceptors (Lipinski definition) is 4. The highest BCUT2D eigenvalue weighted by Crippen LogP contribution is 2.30. The quantitative estimate of drug-likeness (QED) is 0.860. The topological polar surface area (TPSA) is 31.4 Å². The number of piperidine rings is 1. The van der Waals surface area contributed by atoms with Crippen LogP contribution in [-0.2, 0) is 6.54 Å². The van der Waals surface area contributed by atoms with Gasteiger partial charge in [0.05, 0.1) is 0 Å². The van der Waals surface area contributed by atoms with Crippen LogP contribution in [0.3, 0.4) is 0 Å². The number of pyridine rings is 1. The molecular formula is C21H29ClN4. The van der Waals surface area contributed by atoms with Gasteiger partial charge in [0.1, 0.15) is 5.82 Å². The smallest absolute Gasteiger partial charge is 0.132 e. The molecule has 0 amide bonds. The first-order chi connectivity index (χ1) is 12.2. The van der Waals surface area contributed by atoms with Gasteiger partial charge in [0.2, 0.25) is 0 Å². The Labute approximate surface area is 163 Å². The lowest BCUT2D eigenvalue weighted by atomic mass is 9.98. The van der Waals surface area contributed by atoms with Gasteiger partial charge in [-0.05, 0) is 56.5 Å². The molecule has 26 heavy (non-hydrogen) atoms. The molecule has 0 spiro atoms. The van der Waals surface area contributed by atoms with Crippen LogP contribution >= 0.6 is 12.4 Å². The summed E-state index contributed by atoms with van der Waals surface area (Å²) in [5.41, 5.74) is 2.45. The van der Waals surface area contributed by atoms with Crippen LogP contribution in [0.25, 0.3) is 0 Å². The Hall–Kier alpha value is -1.62. The van der Waals surface area contributed by atoms with E-state index in [1.807, 2.05) is 12.3 Å². The van der Waals surface area contributed by atoms with Crippen LogP contribution in [-0.4, -0.2) is 42.1 Å². The van der Waals surface area contributed by atoms with E-state index in [0.29, 0.717) is 6.04 Å². The molecule has 2 fully saturated rings. The van der Waals surface area contributed by atoms with Gasteiger partial charge in [0.15, 0.2) is 0 Å². The van der Waals surface area contributed by atoms with Gasteiger partial charge in [0.25, 0.3) is 0 Å². The van der Waals surface area contributed by atoms with Crippen LogP contribution in [0.1, 0.15) is 31.2 Å². The maximum absolute atomic E-state index is 4.68. The van der Waals surface area contributed by atoms with E-state index in [4.69, 9.17) is 0 Å². The highest BCUT2D eigenvalue weighted by atomic mass is 35.5. The van der Waals surface area contributed by atoms with Gasteiger partial charge in [-0.25, -0.2) is 4.98 Å². The summed E-state index contributed by atoms with van der Waals surface area (Å²) >= 11 is 0. The van der Waals surface area contributed by atoms with Crippen molar-refractivity contribution in [3.63, 3.8) is 0 Å². The van der Waals surface area contributed by atoms with Gasteiger partial charge in [-0.2, -0.15) is 0 Å². The van der Waals surface area contributed by atoms with Gasteiger partial charge >= 0.3 is 0 Å². The number of rotatable bonds is 5. The van der Waals surface area contributed by atoms with Crippen molar-refractivity contribution in [2.75, 3.05) is 19.0 Å². The van der Waals surface area contributed by atoms with Crippen molar-refractivity contribution in [3.8, 4) is 0 Å². The molecule has 5 heteroatoms. The zero-order chi connectivity index (χ0) is 17.2. The molecule has 2 aliphatic rings. The molecule has 2 atom stereocenters. The van der Waals surface area contributed by atoms with Crippen molar-refractivity contribution < 1.29 is 0 Å². The zero-order valence-corrected chi connectivity index (χ0v) is 16.5. The van der Waals surface area contributed by atoms with Crippen LogP contribution in [0.5, 0.6) is 0 Å². The normalized spacial score (nSPS) is 24.3. The van der Waals surface area contributed by atoms with Crippen LogP contribution in [0.4, 0.5) is 11.5 Å². The van der Waals surface area contributed by atoms with Gasteiger partial charge in [-0.1, -0.05) is 24.3 Å². The summed E-state index contributed by atoms with van der Waals surface area (Å²) in [6.07, 6.45) is 7.32. The Kier molecular flexibility index (Phi) is 6.17. The Morgan fingerprint density at radius 3 is 2.31 bits per heavy atom. The summed E-state index contributed by atoms with van der Waals surface area (Å²) in [5.74, 6) is 0.984. The molecule has 4 nitrogen and oxygen atoms in total. The van der Waals surface area contributed by atoms with E-state index in [2.05, 4.69) is 70.6 Å². The molecule has 2 unspecified atom stereocenters. The number of anilines is 2. The summed E-state index contributed by atoms with van der Waals surface area (Å²) in [7, 11) is 4.33. The molecule has 1 aromatic heterocycles. The molecular weight excluding hydrogens is 344 g/mol. The summed E-state index contributed by atoms with van der Waals surface area (Å²) in [6.45, 7) is 0.979. The van der Waals surface area contributed by atoms with Gasteiger partial charge in [-0.3, -0.25) is 4.90 Å². The fourth-order valence-electron chi connectivity index (χ4n) is 4.30. The Morgan fingerprint density at radius 2 is 1.69 bits per heavy atom. The molecule has 0 aliphatic carbocycles. The monoisotopic (exact) mass is 372 g/mol. The number of benzene rings is 1. The van der Waals surface area contributed by atoms with E-state index in [1.54, 1.807) is 0 Å². The van der Waals surface area contributed by atoms with Gasteiger partial charge in [0, 0.05) is 43.6 Å². The molecule has 3 heterocycles. The molecule has 0 saturated carbocycles.